The van der Waals surface area contributed by atoms with Crippen molar-refractivity contribution in [1.82, 2.24) is 0 Å². The second-order valence-corrected chi connectivity index (χ2v) is 13.1. The molecule has 1 heterocycles. The van der Waals surface area contributed by atoms with E-state index in [0.717, 1.165) is 48.3 Å². The lowest BCUT2D eigenvalue weighted by Gasteiger charge is -2.57. The van der Waals surface area contributed by atoms with E-state index in [2.05, 4.69) is 40.7 Å². The van der Waals surface area contributed by atoms with Crippen LogP contribution in [-0.2, 0) is 14.3 Å². The van der Waals surface area contributed by atoms with Crippen molar-refractivity contribution >= 4 is 5.97 Å². The molecule has 0 amide bonds. The molecule has 0 aromatic carbocycles. The first-order valence-corrected chi connectivity index (χ1v) is 13.7. The summed E-state index contributed by atoms with van der Waals surface area (Å²) in [5.74, 6) is 4.72. The standard InChI is InChI=1S/C29H46O3/c1-17(2)8-7-9-18(3)21-10-11-22-25-23(13-15-28(21,22)5)29(6)14-12-20(31-19(4)30)16-24(29)26-27(25)32-26/h16-18,20-23,25-27H,7-15H2,1-6H3/t18-,20-,21-,22+,23+,25+,26-,27+,28-,29-/m1/s1. The Hall–Kier alpha value is -0.830. The Labute approximate surface area is 196 Å². The first-order chi connectivity index (χ1) is 15.1. The van der Waals surface area contributed by atoms with Crippen molar-refractivity contribution in [2.24, 2.45) is 46.3 Å². The van der Waals surface area contributed by atoms with Gasteiger partial charge in [-0.15, -0.1) is 0 Å². The maximum Gasteiger partial charge on any atom is 0.303 e. The predicted molar refractivity (Wildman–Crippen MR) is 128 cm³/mol. The normalized spacial score (nSPS) is 47.6. The van der Waals surface area contributed by atoms with E-state index in [1.807, 2.05) is 0 Å². The molecule has 5 rings (SSSR count). The van der Waals surface area contributed by atoms with Gasteiger partial charge < -0.3 is 9.47 Å². The molecule has 4 fully saturated rings. The van der Waals surface area contributed by atoms with Crippen molar-refractivity contribution in [3.8, 4) is 0 Å². The molecule has 3 nitrogen and oxygen atoms in total. The summed E-state index contributed by atoms with van der Waals surface area (Å²) in [6.45, 7) is 14.0. The molecule has 180 valence electrons. The van der Waals surface area contributed by atoms with Gasteiger partial charge in [-0.3, -0.25) is 4.79 Å². The first kappa shape index (κ1) is 22.9. The lowest BCUT2D eigenvalue weighted by atomic mass is 9.46. The lowest BCUT2D eigenvalue weighted by Crippen LogP contribution is -2.54. The minimum absolute atomic E-state index is 0.0478. The van der Waals surface area contributed by atoms with E-state index >= 15 is 0 Å². The zero-order chi connectivity index (χ0) is 22.8. The fourth-order valence-corrected chi connectivity index (χ4v) is 9.27. The van der Waals surface area contributed by atoms with Gasteiger partial charge in [0, 0.05) is 6.92 Å². The zero-order valence-corrected chi connectivity index (χ0v) is 21.4. The first-order valence-electron chi connectivity index (χ1n) is 13.7. The van der Waals surface area contributed by atoms with E-state index in [9.17, 15) is 4.79 Å². The molecule has 0 aromatic heterocycles. The third kappa shape index (κ3) is 3.60. The van der Waals surface area contributed by atoms with Crippen molar-refractivity contribution in [3.63, 3.8) is 0 Å². The highest BCUT2D eigenvalue weighted by Gasteiger charge is 2.69. The maximum atomic E-state index is 11.5. The SMILES string of the molecule is CC(=O)O[C@H]1C=C2[C@H]3O[C@H]3[C@H]3[C@@H]4CC[C@H]([C@H](C)CCCC(C)C)[C@@]4(C)CC[C@@H]3[C@@]2(C)CC1. The van der Waals surface area contributed by atoms with Crippen LogP contribution in [0.25, 0.3) is 0 Å². The van der Waals surface area contributed by atoms with Gasteiger partial charge in [0.15, 0.2) is 0 Å². The molecular formula is C29H46O3. The minimum atomic E-state index is -0.162. The van der Waals surface area contributed by atoms with Crippen LogP contribution in [0.5, 0.6) is 0 Å². The number of esters is 1. The molecule has 3 heteroatoms. The lowest BCUT2D eigenvalue weighted by molar-refractivity contribution is -0.145. The average Bonchev–Trinajstić information content (AvgIpc) is 3.42. The van der Waals surface area contributed by atoms with E-state index in [1.54, 1.807) is 0 Å². The molecule has 5 aliphatic rings. The summed E-state index contributed by atoms with van der Waals surface area (Å²) in [6.07, 6.45) is 14.8. The Balaban J connectivity index is 1.34. The van der Waals surface area contributed by atoms with Crippen LogP contribution < -0.4 is 0 Å². The van der Waals surface area contributed by atoms with Gasteiger partial charge in [-0.1, -0.05) is 53.9 Å². The molecule has 0 radical (unpaired) electrons. The molecule has 1 aliphatic heterocycles. The van der Waals surface area contributed by atoms with Crippen molar-refractivity contribution in [1.29, 1.82) is 0 Å². The van der Waals surface area contributed by atoms with Crippen molar-refractivity contribution in [2.75, 3.05) is 0 Å². The summed E-state index contributed by atoms with van der Waals surface area (Å²) in [5.41, 5.74) is 2.21. The molecule has 32 heavy (non-hydrogen) atoms. The molecule has 0 unspecified atom stereocenters. The van der Waals surface area contributed by atoms with Crippen molar-refractivity contribution in [3.05, 3.63) is 11.6 Å². The van der Waals surface area contributed by atoms with Crippen LogP contribution in [0.1, 0.15) is 99.3 Å². The van der Waals surface area contributed by atoms with E-state index < -0.39 is 0 Å². The van der Waals surface area contributed by atoms with E-state index in [1.165, 1.54) is 57.4 Å². The van der Waals surface area contributed by atoms with Gasteiger partial charge in [0.1, 0.15) is 12.2 Å². The van der Waals surface area contributed by atoms with Gasteiger partial charge >= 0.3 is 5.97 Å². The van der Waals surface area contributed by atoms with Crippen LogP contribution in [0.15, 0.2) is 11.6 Å². The Kier molecular flexibility index (Phi) is 5.83. The number of ether oxygens (including phenoxy) is 2. The molecule has 4 aliphatic carbocycles. The van der Waals surface area contributed by atoms with Crippen LogP contribution in [-0.4, -0.2) is 24.3 Å². The van der Waals surface area contributed by atoms with Crippen LogP contribution in [0.2, 0.25) is 0 Å². The van der Waals surface area contributed by atoms with Gasteiger partial charge in [-0.05, 0) is 96.5 Å². The van der Waals surface area contributed by atoms with Gasteiger partial charge in [-0.2, -0.15) is 0 Å². The van der Waals surface area contributed by atoms with Crippen LogP contribution in [0.4, 0.5) is 0 Å². The fraction of sp³-hybridized carbons (Fsp3) is 0.897. The van der Waals surface area contributed by atoms with Gasteiger partial charge in [0.25, 0.3) is 0 Å². The van der Waals surface area contributed by atoms with Crippen molar-refractivity contribution < 1.29 is 14.3 Å². The Morgan fingerprint density at radius 1 is 1.09 bits per heavy atom. The molecule has 3 saturated carbocycles. The zero-order valence-electron chi connectivity index (χ0n) is 21.4. The number of hydrogen-bond donors (Lipinski definition) is 0. The molecular weight excluding hydrogens is 396 g/mol. The van der Waals surface area contributed by atoms with E-state index in [0.29, 0.717) is 17.6 Å². The van der Waals surface area contributed by atoms with Gasteiger partial charge in [-0.25, -0.2) is 0 Å². The molecule has 0 spiro atoms. The third-order valence-corrected chi connectivity index (χ3v) is 10.9. The summed E-state index contributed by atoms with van der Waals surface area (Å²) in [4.78, 5) is 11.5. The quantitative estimate of drug-likeness (QED) is 0.254. The maximum absolute atomic E-state index is 11.5. The smallest absolute Gasteiger partial charge is 0.303 e. The highest BCUT2D eigenvalue weighted by molar-refractivity contribution is 5.66. The van der Waals surface area contributed by atoms with E-state index in [4.69, 9.17) is 9.47 Å². The number of rotatable bonds is 6. The Bertz CT molecular complexity index is 770. The van der Waals surface area contributed by atoms with Crippen LogP contribution in [0, 0.1) is 46.3 Å². The summed E-state index contributed by atoms with van der Waals surface area (Å²) in [6, 6.07) is 0. The average molecular weight is 443 g/mol. The van der Waals surface area contributed by atoms with Crippen LogP contribution >= 0.6 is 0 Å². The summed E-state index contributed by atoms with van der Waals surface area (Å²) in [5, 5.41) is 0. The highest BCUT2D eigenvalue weighted by Crippen LogP contribution is 2.71. The highest BCUT2D eigenvalue weighted by atomic mass is 16.6. The Morgan fingerprint density at radius 3 is 2.59 bits per heavy atom. The predicted octanol–water partition coefficient (Wildman–Crippen LogP) is 6.95. The van der Waals surface area contributed by atoms with Gasteiger partial charge in [0.05, 0.1) is 6.10 Å². The minimum Gasteiger partial charge on any atom is -0.458 e. The number of fused-ring (bicyclic) bond motifs is 8. The second kappa shape index (κ2) is 8.14. The van der Waals surface area contributed by atoms with Gasteiger partial charge in [0.2, 0.25) is 0 Å². The number of hydrogen-bond acceptors (Lipinski definition) is 3. The molecule has 0 bridgehead atoms. The Morgan fingerprint density at radius 2 is 1.88 bits per heavy atom. The number of carbonyl (C=O) groups is 1. The number of epoxide rings is 1. The topological polar surface area (TPSA) is 38.8 Å². The third-order valence-electron chi connectivity index (χ3n) is 10.9. The van der Waals surface area contributed by atoms with E-state index in [-0.39, 0.29) is 17.5 Å². The largest absolute Gasteiger partial charge is 0.458 e. The fourth-order valence-electron chi connectivity index (χ4n) is 9.27. The van der Waals surface area contributed by atoms with Crippen LogP contribution in [0.3, 0.4) is 0 Å². The molecule has 1 saturated heterocycles. The summed E-state index contributed by atoms with van der Waals surface area (Å²) >= 11 is 0. The number of carbonyl (C=O) groups excluding carboxylic acids is 1. The molecule has 10 atom stereocenters. The monoisotopic (exact) mass is 442 g/mol. The molecule has 0 aromatic rings. The van der Waals surface area contributed by atoms with Crippen molar-refractivity contribution in [2.45, 2.75) is 118 Å². The second-order valence-electron chi connectivity index (χ2n) is 13.1. The summed E-state index contributed by atoms with van der Waals surface area (Å²) < 4.78 is 12.1. The summed E-state index contributed by atoms with van der Waals surface area (Å²) in [7, 11) is 0. The molecule has 0 N–H and O–H groups in total.